The number of amides is 1. The van der Waals surface area contributed by atoms with E-state index in [0.29, 0.717) is 24.5 Å². The number of carbonyl (C=O) groups excluding carboxylic acids is 1. The number of nitrogens with zero attached hydrogens (tertiary/aromatic N) is 2. The second kappa shape index (κ2) is 6.33. The minimum Gasteiger partial charge on any atom is -0.481 e. The van der Waals surface area contributed by atoms with Crippen molar-refractivity contribution < 1.29 is 9.53 Å². The summed E-state index contributed by atoms with van der Waals surface area (Å²) in [6, 6.07) is 7.47. The van der Waals surface area contributed by atoms with E-state index in [2.05, 4.69) is 4.98 Å². The molecule has 2 aromatic rings. The van der Waals surface area contributed by atoms with Crippen molar-refractivity contribution in [1.29, 1.82) is 0 Å². The Kier molecular flexibility index (Phi) is 4.52. The van der Waals surface area contributed by atoms with Crippen molar-refractivity contribution >= 4 is 17.2 Å². The Hall–Kier alpha value is -1.88. The SMILES string of the molecule is CCN(Cc1cccs1)C(=O)c1ccc(OC)nc1. The highest BCUT2D eigenvalue weighted by Gasteiger charge is 2.15. The Morgan fingerprint density at radius 3 is 2.79 bits per heavy atom. The summed E-state index contributed by atoms with van der Waals surface area (Å²) >= 11 is 1.66. The molecule has 0 aliphatic heterocycles. The van der Waals surface area contributed by atoms with Crippen molar-refractivity contribution in [2.75, 3.05) is 13.7 Å². The molecule has 5 heteroatoms. The van der Waals surface area contributed by atoms with Crippen LogP contribution < -0.4 is 4.74 Å². The number of rotatable bonds is 5. The molecule has 100 valence electrons. The van der Waals surface area contributed by atoms with Gasteiger partial charge in [-0.05, 0) is 24.4 Å². The van der Waals surface area contributed by atoms with Gasteiger partial charge in [-0.15, -0.1) is 11.3 Å². The number of carbonyl (C=O) groups is 1. The molecule has 0 aromatic carbocycles. The maximum atomic E-state index is 12.4. The summed E-state index contributed by atoms with van der Waals surface area (Å²) in [6.45, 7) is 3.28. The van der Waals surface area contributed by atoms with Gasteiger partial charge in [-0.3, -0.25) is 4.79 Å². The summed E-state index contributed by atoms with van der Waals surface area (Å²) in [5, 5.41) is 2.02. The van der Waals surface area contributed by atoms with Gasteiger partial charge in [-0.2, -0.15) is 0 Å². The average molecular weight is 276 g/mol. The van der Waals surface area contributed by atoms with Crippen molar-refractivity contribution in [2.45, 2.75) is 13.5 Å². The lowest BCUT2D eigenvalue weighted by atomic mass is 10.2. The molecule has 0 aliphatic carbocycles. The molecule has 0 fully saturated rings. The third-order valence-corrected chi connectivity index (χ3v) is 3.65. The van der Waals surface area contributed by atoms with Crippen molar-refractivity contribution in [2.24, 2.45) is 0 Å². The van der Waals surface area contributed by atoms with Crippen LogP contribution in [0, 0.1) is 0 Å². The van der Waals surface area contributed by atoms with Crippen LogP contribution in [0.3, 0.4) is 0 Å². The molecule has 0 N–H and O–H groups in total. The highest BCUT2D eigenvalue weighted by Crippen LogP contribution is 2.15. The smallest absolute Gasteiger partial charge is 0.255 e. The number of aromatic nitrogens is 1. The van der Waals surface area contributed by atoms with Gasteiger partial charge < -0.3 is 9.64 Å². The van der Waals surface area contributed by atoms with Gasteiger partial charge in [-0.1, -0.05) is 6.07 Å². The molecule has 2 aromatic heterocycles. The van der Waals surface area contributed by atoms with Crippen LogP contribution in [0.25, 0.3) is 0 Å². The summed E-state index contributed by atoms with van der Waals surface area (Å²) in [6.07, 6.45) is 1.55. The first-order valence-corrected chi connectivity index (χ1v) is 6.94. The highest BCUT2D eigenvalue weighted by atomic mass is 32.1. The summed E-state index contributed by atoms with van der Waals surface area (Å²) in [7, 11) is 1.55. The van der Waals surface area contributed by atoms with E-state index in [1.165, 1.54) is 4.88 Å². The van der Waals surface area contributed by atoms with Crippen LogP contribution in [-0.4, -0.2) is 29.4 Å². The first-order valence-electron chi connectivity index (χ1n) is 6.06. The zero-order valence-electron chi connectivity index (χ0n) is 11.0. The third kappa shape index (κ3) is 3.32. The van der Waals surface area contributed by atoms with Gasteiger partial charge in [0, 0.05) is 23.7 Å². The van der Waals surface area contributed by atoms with Gasteiger partial charge in [-0.25, -0.2) is 4.98 Å². The monoisotopic (exact) mass is 276 g/mol. The first kappa shape index (κ1) is 13.5. The van der Waals surface area contributed by atoms with E-state index in [1.54, 1.807) is 41.7 Å². The number of ether oxygens (including phenoxy) is 1. The van der Waals surface area contributed by atoms with Crippen molar-refractivity contribution in [3.8, 4) is 5.88 Å². The fraction of sp³-hybridized carbons (Fsp3) is 0.286. The largest absolute Gasteiger partial charge is 0.481 e. The molecular weight excluding hydrogens is 260 g/mol. The van der Waals surface area contributed by atoms with E-state index >= 15 is 0 Å². The lowest BCUT2D eigenvalue weighted by Crippen LogP contribution is -2.30. The Morgan fingerprint density at radius 1 is 1.42 bits per heavy atom. The fourth-order valence-corrected chi connectivity index (χ4v) is 2.45. The number of hydrogen-bond donors (Lipinski definition) is 0. The zero-order chi connectivity index (χ0) is 13.7. The van der Waals surface area contributed by atoms with E-state index in [4.69, 9.17) is 4.74 Å². The molecule has 4 nitrogen and oxygen atoms in total. The minimum absolute atomic E-state index is 0.00828. The van der Waals surface area contributed by atoms with E-state index in [9.17, 15) is 4.79 Å². The zero-order valence-corrected chi connectivity index (χ0v) is 11.8. The molecule has 0 unspecified atom stereocenters. The number of hydrogen-bond acceptors (Lipinski definition) is 4. The quantitative estimate of drug-likeness (QED) is 0.843. The van der Waals surface area contributed by atoms with Crippen LogP contribution in [0.1, 0.15) is 22.2 Å². The Bertz CT molecular complexity index is 523. The maximum Gasteiger partial charge on any atom is 0.255 e. The van der Waals surface area contributed by atoms with E-state index in [-0.39, 0.29) is 5.91 Å². The predicted molar refractivity (Wildman–Crippen MR) is 75.5 cm³/mol. The molecule has 0 saturated carbocycles. The summed E-state index contributed by atoms with van der Waals surface area (Å²) in [5.41, 5.74) is 0.583. The van der Waals surface area contributed by atoms with Crippen molar-refractivity contribution in [1.82, 2.24) is 9.88 Å². The van der Waals surface area contributed by atoms with Gasteiger partial charge in [0.25, 0.3) is 5.91 Å². The predicted octanol–water partition coefficient (Wildman–Crippen LogP) is 2.81. The molecule has 0 spiro atoms. The molecule has 2 heterocycles. The Labute approximate surface area is 116 Å². The molecule has 0 aliphatic rings. The molecule has 0 saturated heterocycles. The van der Waals surface area contributed by atoms with Gasteiger partial charge >= 0.3 is 0 Å². The van der Waals surface area contributed by atoms with E-state index < -0.39 is 0 Å². The van der Waals surface area contributed by atoms with Crippen LogP contribution in [0.2, 0.25) is 0 Å². The number of pyridine rings is 1. The number of methoxy groups -OCH3 is 1. The molecule has 0 radical (unpaired) electrons. The van der Waals surface area contributed by atoms with Crippen LogP contribution >= 0.6 is 11.3 Å². The van der Waals surface area contributed by atoms with Gasteiger partial charge in [0.2, 0.25) is 5.88 Å². The standard InChI is InChI=1S/C14H16N2O2S/c1-3-16(10-12-5-4-8-19-12)14(17)11-6-7-13(18-2)15-9-11/h4-9H,3,10H2,1-2H3. The van der Waals surface area contributed by atoms with Gasteiger partial charge in [0.15, 0.2) is 0 Å². The molecule has 0 atom stereocenters. The normalized spacial score (nSPS) is 10.2. The second-order valence-corrected chi connectivity index (χ2v) is 5.02. The lowest BCUT2D eigenvalue weighted by Gasteiger charge is -2.20. The van der Waals surface area contributed by atoms with Crippen LogP contribution in [0.4, 0.5) is 0 Å². The number of thiophene rings is 1. The molecule has 2 rings (SSSR count). The van der Waals surface area contributed by atoms with Crippen LogP contribution in [0.15, 0.2) is 35.8 Å². The summed E-state index contributed by atoms with van der Waals surface area (Å²) in [5.74, 6) is 0.504. The minimum atomic E-state index is -0.00828. The van der Waals surface area contributed by atoms with Crippen LogP contribution in [0.5, 0.6) is 5.88 Å². The summed E-state index contributed by atoms with van der Waals surface area (Å²) in [4.78, 5) is 19.4. The van der Waals surface area contributed by atoms with Gasteiger partial charge in [0.05, 0.1) is 19.2 Å². The maximum absolute atomic E-state index is 12.4. The lowest BCUT2D eigenvalue weighted by molar-refractivity contribution is 0.0753. The fourth-order valence-electron chi connectivity index (χ4n) is 1.73. The average Bonchev–Trinajstić information content (AvgIpc) is 2.97. The third-order valence-electron chi connectivity index (χ3n) is 2.79. The molecule has 19 heavy (non-hydrogen) atoms. The van der Waals surface area contributed by atoms with Gasteiger partial charge in [0.1, 0.15) is 0 Å². The molecular formula is C14H16N2O2S. The first-order chi connectivity index (χ1) is 9.24. The summed E-state index contributed by atoms with van der Waals surface area (Å²) < 4.78 is 4.99. The topological polar surface area (TPSA) is 42.4 Å². The Balaban J connectivity index is 2.10. The van der Waals surface area contributed by atoms with Crippen molar-refractivity contribution in [3.63, 3.8) is 0 Å². The van der Waals surface area contributed by atoms with Crippen LogP contribution in [-0.2, 0) is 6.54 Å². The molecule has 1 amide bonds. The second-order valence-electron chi connectivity index (χ2n) is 3.99. The van der Waals surface area contributed by atoms with E-state index in [0.717, 1.165) is 0 Å². The van der Waals surface area contributed by atoms with Crippen molar-refractivity contribution in [3.05, 3.63) is 46.3 Å². The van der Waals surface area contributed by atoms with E-state index in [1.807, 2.05) is 24.4 Å². The molecule has 0 bridgehead atoms. The highest BCUT2D eigenvalue weighted by molar-refractivity contribution is 7.09. The Morgan fingerprint density at radius 2 is 2.26 bits per heavy atom.